The number of aryl methyl sites for hydroxylation is 2. The molecule has 2 aromatic carbocycles. The fraction of sp³-hybridized carbons (Fsp3) is 0.0952. The minimum absolute atomic E-state index is 0.291. The van der Waals surface area contributed by atoms with Crippen LogP contribution in [0.1, 0.15) is 17.0 Å². The van der Waals surface area contributed by atoms with Gasteiger partial charge in [-0.15, -0.1) is 0 Å². The van der Waals surface area contributed by atoms with Crippen LogP contribution in [0.25, 0.3) is 10.8 Å². The summed E-state index contributed by atoms with van der Waals surface area (Å²) in [5.41, 5.74) is 2.18. The van der Waals surface area contributed by atoms with Crippen LogP contribution >= 0.6 is 0 Å². The van der Waals surface area contributed by atoms with Gasteiger partial charge in [-0.3, -0.25) is 4.57 Å². The van der Waals surface area contributed by atoms with Crippen LogP contribution in [0.4, 0.5) is 0 Å². The van der Waals surface area contributed by atoms with Gasteiger partial charge in [0.25, 0.3) is 0 Å². The lowest BCUT2D eigenvalue weighted by molar-refractivity contribution is 0.317. The average Bonchev–Trinajstić information content (AvgIpc) is 3.10. The molecular formula is C21H18N4O2. The molecule has 1 N–H and O–H groups in total. The van der Waals surface area contributed by atoms with Crippen molar-refractivity contribution >= 4 is 16.6 Å². The summed E-state index contributed by atoms with van der Waals surface area (Å²) in [6.07, 6.45) is 3.36. The molecule has 0 radical (unpaired) electrons. The van der Waals surface area contributed by atoms with Crippen molar-refractivity contribution in [1.29, 1.82) is 0 Å². The molecule has 6 heteroatoms. The van der Waals surface area contributed by atoms with E-state index in [1.807, 2.05) is 68.4 Å². The van der Waals surface area contributed by atoms with Crippen LogP contribution in [0.15, 0.2) is 72.3 Å². The first kappa shape index (κ1) is 16.8. The highest BCUT2D eigenvalue weighted by Gasteiger charge is 2.16. The Morgan fingerprint density at radius 3 is 2.56 bits per heavy atom. The number of oxime groups is 1. The molecule has 0 fully saturated rings. The second kappa shape index (κ2) is 6.92. The molecular weight excluding hydrogens is 340 g/mol. The van der Waals surface area contributed by atoms with E-state index in [1.54, 1.807) is 17.1 Å². The summed E-state index contributed by atoms with van der Waals surface area (Å²) < 4.78 is 7.71. The van der Waals surface area contributed by atoms with E-state index in [1.165, 1.54) is 0 Å². The van der Waals surface area contributed by atoms with Gasteiger partial charge in [-0.1, -0.05) is 35.5 Å². The fourth-order valence-electron chi connectivity index (χ4n) is 2.91. The third-order valence-electron chi connectivity index (χ3n) is 4.23. The van der Waals surface area contributed by atoms with Crippen LogP contribution in [0.3, 0.4) is 0 Å². The van der Waals surface area contributed by atoms with Gasteiger partial charge in [0, 0.05) is 11.9 Å². The SMILES string of the molecule is Cc1cn(/C(=N\O)c2ccc(C)nc2Oc2ccc3ccccc3c2)cn1. The molecule has 134 valence electrons. The highest BCUT2D eigenvalue weighted by atomic mass is 16.5. The first-order chi connectivity index (χ1) is 13.1. The molecule has 0 unspecified atom stereocenters. The van der Waals surface area contributed by atoms with Crippen molar-refractivity contribution in [3.8, 4) is 11.6 Å². The molecule has 0 aliphatic carbocycles. The van der Waals surface area contributed by atoms with Gasteiger partial charge in [0.1, 0.15) is 12.1 Å². The number of benzene rings is 2. The van der Waals surface area contributed by atoms with Gasteiger partial charge in [-0.25, -0.2) is 9.97 Å². The molecule has 0 saturated carbocycles. The fourth-order valence-corrected chi connectivity index (χ4v) is 2.91. The van der Waals surface area contributed by atoms with E-state index < -0.39 is 0 Å². The van der Waals surface area contributed by atoms with Crippen LogP contribution in [0.5, 0.6) is 11.6 Å². The second-order valence-electron chi connectivity index (χ2n) is 6.26. The summed E-state index contributed by atoms with van der Waals surface area (Å²) in [7, 11) is 0. The Kier molecular flexibility index (Phi) is 4.30. The van der Waals surface area contributed by atoms with Crippen molar-refractivity contribution < 1.29 is 9.94 Å². The average molecular weight is 358 g/mol. The van der Waals surface area contributed by atoms with E-state index in [-0.39, 0.29) is 0 Å². The smallest absolute Gasteiger partial charge is 0.230 e. The lowest BCUT2D eigenvalue weighted by atomic mass is 10.1. The highest BCUT2D eigenvalue weighted by Crippen LogP contribution is 2.28. The number of aromatic nitrogens is 3. The Balaban J connectivity index is 1.76. The van der Waals surface area contributed by atoms with E-state index in [9.17, 15) is 5.21 Å². The minimum Gasteiger partial charge on any atom is -0.438 e. The number of ether oxygens (including phenoxy) is 1. The highest BCUT2D eigenvalue weighted by molar-refractivity contribution is 6.02. The maximum absolute atomic E-state index is 9.60. The lowest BCUT2D eigenvalue weighted by Crippen LogP contribution is -2.14. The number of imidazole rings is 1. The molecule has 2 aromatic heterocycles. The quantitative estimate of drug-likeness (QED) is 0.253. The zero-order chi connectivity index (χ0) is 18.8. The number of nitrogens with zero attached hydrogens (tertiary/aromatic N) is 4. The van der Waals surface area contributed by atoms with Crippen molar-refractivity contribution in [2.45, 2.75) is 13.8 Å². The predicted molar refractivity (Wildman–Crippen MR) is 104 cm³/mol. The number of rotatable bonds is 3. The third-order valence-corrected chi connectivity index (χ3v) is 4.23. The normalized spacial score (nSPS) is 11.7. The summed E-state index contributed by atoms with van der Waals surface area (Å²) in [5, 5.41) is 15.3. The van der Waals surface area contributed by atoms with Gasteiger partial charge in [0.05, 0.1) is 11.3 Å². The van der Waals surface area contributed by atoms with Crippen LogP contribution in [0, 0.1) is 13.8 Å². The summed E-state index contributed by atoms with van der Waals surface area (Å²) in [5.74, 6) is 1.32. The molecule has 6 nitrogen and oxygen atoms in total. The van der Waals surface area contributed by atoms with Gasteiger partial charge >= 0.3 is 0 Å². The van der Waals surface area contributed by atoms with Gasteiger partial charge in [-0.05, 0) is 48.9 Å². The zero-order valence-electron chi connectivity index (χ0n) is 15.0. The Labute approximate surface area is 156 Å². The first-order valence-corrected chi connectivity index (χ1v) is 8.52. The van der Waals surface area contributed by atoms with Crippen LogP contribution in [-0.4, -0.2) is 25.6 Å². The molecule has 0 saturated heterocycles. The Morgan fingerprint density at radius 1 is 1.00 bits per heavy atom. The first-order valence-electron chi connectivity index (χ1n) is 8.52. The molecule has 2 heterocycles. The molecule has 0 aliphatic heterocycles. The van der Waals surface area contributed by atoms with Crippen molar-refractivity contribution in [2.75, 3.05) is 0 Å². The summed E-state index contributed by atoms with van der Waals surface area (Å²) in [6, 6.07) is 17.6. The van der Waals surface area contributed by atoms with Gasteiger partial charge in [-0.2, -0.15) is 0 Å². The van der Waals surface area contributed by atoms with Crippen LogP contribution in [0.2, 0.25) is 0 Å². The number of hydrogen-bond donors (Lipinski definition) is 1. The van der Waals surface area contributed by atoms with Crippen molar-refractivity contribution in [3.63, 3.8) is 0 Å². The monoisotopic (exact) mass is 358 g/mol. The summed E-state index contributed by atoms with van der Waals surface area (Å²) in [6.45, 7) is 3.75. The minimum atomic E-state index is 0.291. The van der Waals surface area contributed by atoms with Gasteiger partial charge in [0.15, 0.2) is 5.84 Å². The maximum atomic E-state index is 9.60. The number of pyridine rings is 1. The Hall–Kier alpha value is -3.67. The molecule has 27 heavy (non-hydrogen) atoms. The Bertz CT molecular complexity index is 1150. The number of fused-ring (bicyclic) bond motifs is 1. The predicted octanol–water partition coefficient (Wildman–Crippen LogP) is 4.52. The standard InChI is InChI=1S/C21H18N4O2/c1-14-7-10-19(20(24-26)25-12-15(2)22-13-25)21(23-14)27-18-9-8-16-5-3-4-6-17(16)11-18/h3-13,26H,1-2H3/b24-20-. The van der Waals surface area contributed by atoms with Crippen molar-refractivity contribution in [1.82, 2.24) is 14.5 Å². The number of hydrogen-bond acceptors (Lipinski definition) is 5. The lowest BCUT2D eigenvalue weighted by Gasteiger charge is -2.13. The Morgan fingerprint density at radius 2 is 1.81 bits per heavy atom. The van der Waals surface area contributed by atoms with Gasteiger partial charge < -0.3 is 9.94 Å². The molecule has 0 amide bonds. The van der Waals surface area contributed by atoms with E-state index >= 15 is 0 Å². The van der Waals surface area contributed by atoms with Gasteiger partial charge in [0.2, 0.25) is 5.88 Å². The van der Waals surface area contributed by atoms with E-state index in [4.69, 9.17) is 4.74 Å². The van der Waals surface area contributed by atoms with E-state index in [0.717, 1.165) is 22.2 Å². The van der Waals surface area contributed by atoms with E-state index in [0.29, 0.717) is 23.0 Å². The molecule has 4 aromatic rings. The van der Waals surface area contributed by atoms with Crippen LogP contribution < -0.4 is 4.74 Å². The summed E-state index contributed by atoms with van der Waals surface area (Å²) in [4.78, 5) is 8.69. The topological polar surface area (TPSA) is 72.5 Å². The molecule has 0 aliphatic rings. The van der Waals surface area contributed by atoms with Crippen molar-refractivity contribution in [2.24, 2.45) is 5.16 Å². The third kappa shape index (κ3) is 3.37. The maximum Gasteiger partial charge on any atom is 0.230 e. The zero-order valence-corrected chi connectivity index (χ0v) is 15.0. The largest absolute Gasteiger partial charge is 0.438 e. The molecule has 0 bridgehead atoms. The molecule has 0 atom stereocenters. The van der Waals surface area contributed by atoms with E-state index in [2.05, 4.69) is 15.1 Å². The second-order valence-corrected chi connectivity index (χ2v) is 6.26. The van der Waals surface area contributed by atoms with Crippen molar-refractivity contribution in [3.05, 3.63) is 84.1 Å². The van der Waals surface area contributed by atoms with Crippen LogP contribution in [-0.2, 0) is 0 Å². The molecule has 4 rings (SSSR count). The molecule has 0 spiro atoms. The summed E-state index contributed by atoms with van der Waals surface area (Å²) >= 11 is 0.